The van der Waals surface area contributed by atoms with E-state index >= 15 is 0 Å². The van der Waals surface area contributed by atoms with Crippen LogP contribution in [0, 0.1) is 0 Å². The molecular formula is C10H18N2O. The zero-order valence-electron chi connectivity index (χ0n) is 8.66. The van der Waals surface area contributed by atoms with Crippen molar-refractivity contribution in [2.24, 2.45) is 0 Å². The maximum absolute atomic E-state index is 5.62. The van der Waals surface area contributed by atoms with Crippen LogP contribution in [0.25, 0.3) is 0 Å². The van der Waals surface area contributed by atoms with Crippen molar-refractivity contribution in [1.82, 2.24) is 9.78 Å². The third kappa shape index (κ3) is 2.84. The molecule has 3 nitrogen and oxygen atoms in total. The fourth-order valence-electron chi connectivity index (χ4n) is 1.11. The minimum atomic E-state index is 0.334. The second kappa shape index (κ2) is 5.02. The van der Waals surface area contributed by atoms with E-state index in [1.165, 1.54) is 0 Å². The van der Waals surface area contributed by atoms with Gasteiger partial charge in [0.05, 0.1) is 18.4 Å². The highest BCUT2D eigenvalue weighted by Crippen LogP contribution is 2.04. The van der Waals surface area contributed by atoms with E-state index < -0.39 is 0 Å². The summed E-state index contributed by atoms with van der Waals surface area (Å²) >= 11 is 0. The van der Waals surface area contributed by atoms with Crippen molar-refractivity contribution in [1.29, 1.82) is 0 Å². The van der Waals surface area contributed by atoms with Crippen LogP contribution in [0.1, 0.15) is 32.9 Å². The molecule has 0 amide bonds. The topological polar surface area (TPSA) is 27.1 Å². The second-order valence-corrected chi connectivity index (χ2v) is 3.17. The van der Waals surface area contributed by atoms with Gasteiger partial charge in [0.15, 0.2) is 0 Å². The van der Waals surface area contributed by atoms with Crippen molar-refractivity contribution in [2.45, 2.75) is 46.4 Å². The van der Waals surface area contributed by atoms with Crippen molar-refractivity contribution in [3.05, 3.63) is 18.0 Å². The van der Waals surface area contributed by atoms with Gasteiger partial charge < -0.3 is 4.74 Å². The summed E-state index contributed by atoms with van der Waals surface area (Å²) in [5.41, 5.74) is 1.16. The van der Waals surface area contributed by atoms with Crippen LogP contribution in [0.2, 0.25) is 0 Å². The highest BCUT2D eigenvalue weighted by molar-refractivity contribution is 4.98. The maximum Gasteiger partial charge on any atom is 0.0888 e. The Kier molecular flexibility index (Phi) is 3.96. The van der Waals surface area contributed by atoms with Gasteiger partial charge in [0, 0.05) is 12.7 Å². The van der Waals surface area contributed by atoms with Gasteiger partial charge in [0.2, 0.25) is 0 Å². The van der Waals surface area contributed by atoms with Crippen molar-refractivity contribution in [3.63, 3.8) is 0 Å². The monoisotopic (exact) mass is 182 g/mol. The quantitative estimate of drug-likeness (QED) is 0.698. The van der Waals surface area contributed by atoms with Crippen molar-refractivity contribution < 1.29 is 4.74 Å². The lowest BCUT2D eigenvalue weighted by Crippen LogP contribution is -2.10. The van der Waals surface area contributed by atoms with E-state index in [2.05, 4.69) is 25.9 Å². The van der Waals surface area contributed by atoms with E-state index in [0.29, 0.717) is 12.7 Å². The van der Waals surface area contributed by atoms with E-state index in [9.17, 15) is 0 Å². The Morgan fingerprint density at radius 3 is 2.92 bits per heavy atom. The van der Waals surface area contributed by atoms with Gasteiger partial charge in [0.1, 0.15) is 0 Å². The fraction of sp³-hybridized carbons (Fsp3) is 0.700. The zero-order chi connectivity index (χ0) is 9.68. The molecule has 0 radical (unpaired) electrons. The van der Waals surface area contributed by atoms with Gasteiger partial charge in [-0.15, -0.1) is 0 Å². The Labute approximate surface area is 79.7 Å². The van der Waals surface area contributed by atoms with Gasteiger partial charge in [0.25, 0.3) is 0 Å². The van der Waals surface area contributed by atoms with Gasteiger partial charge in [-0.3, -0.25) is 4.68 Å². The molecule has 0 aliphatic carbocycles. The van der Waals surface area contributed by atoms with E-state index in [4.69, 9.17) is 4.74 Å². The average Bonchev–Trinajstić information content (AvgIpc) is 2.61. The molecule has 0 fully saturated rings. The Balaban J connectivity index is 2.44. The fourth-order valence-corrected chi connectivity index (χ4v) is 1.11. The summed E-state index contributed by atoms with van der Waals surface area (Å²) in [6, 6.07) is 2.01. The summed E-state index contributed by atoms with van der Waals surface area (Å²) in [4.78, 5) is 0. The number of aromatic nitrogens is 2. The van der Waals surface area contributed by atoms with Gasteiger partial charge in [-0.25, -0.2) is 0 Å². The lowest BCUT2D eigenvalue weighted by molar-refractivity contribution is 0.0467. The van der Waals surface area contributed by atoms with E-state index in [1.54, 1.807) is 0 Å². The molecule has 0 bridgehead atoms. The van der Waals surface area contributed by atoms with Gasteiger partial charge >= 0.3 is 0 Å². The van der Waals surface area contributed by atoms with Crippen LogP contribution in [0.15, 0.2) is 12.3 Å². The van der Waals surface area contributed by atoms with Crippen LogP contribution in [-0.4, -0.2) is 15.9 Å². The molecule has 0 saturated carbocycles. The molecule has 1 rings (SSSR count). The Bertz CT molecular complexity index is 245. The van der Waals surface area contributed by atoms with Crippen LogP contribution in [0.5, 0.6) is 0 Å². The summed E-state index contributed by atoms with van der Waals surface area (Å²) in [6.45, 7) is 7.88. The van der Waals surface area contributed by atoms with E-state index in [1.807, 2.05) is 16.9 Å². The Hall–Kier alpha value is -0.830. The summed E-state index contributed by atoms with van der Waals surface area (Å²) in [7, 11) is 0. The number of hydrogen-bond donors (Lipinski definition) is 0. The summed E-state index contributed by atoms with van der Waals surface area (Å²) < 4.78 is 7.58. The summed E-state index contributed by atoms with van der Waals surface area (Å²) in [6.07, 6.45) is 3.21. The third-order valence-electron chi connectivity index (χ3n) is 2.19. The average molecular weight is 182 g/mol. The molecule has 1 atom stereocenters. The molecular weight excluding hydrogens is 164 g/mol. The van der Waals surface area contributed by atoms with Crippen LogP contribution >= 0.6 is 0 Å². The Morgan fingerprint density at radius 1 is 1.54 bits per heavy atom. The predicted octanol–water partition coefficient (Wildman–Crippen LogP) is 2.22. The van der Waals surface area contributed by atoms with Gasteiger partial charge in [-0.05, 0) is 26.3 Å². The van der Waals surface area contributed by atoms with Crippen molar-refractivity contribution in [3.8, 4) is 0 Å². The number of rotatable bonds is 5. The van der Waals surface area contributed by atoms with E-state index in [0.717, 1.165) is 18.7 Å². The first kappa shape index (κ1) is 10.3. The third-order valence-corrected chi connectivity index (χ3v) is 2.19. The van der Waals surface area contributed by atoms with Gasteiger partial charge in [-0.1, -0.05) is 6.92 Å². The highest BCUT2D eigenvalue weighted by Gasteiger charge is 2.03. The normalized spacial score (nSPS) is 13.2. The molecule has 1 aromatic heterocycles. The van der Waals surface area contributed by atoms with Crippen LogP contribution in [0.4, 0.5) is 0 Å². The SMILES string of the molecule is CCC(C)OCc1ccnn1CC. The first-order valence-corrected chi connectivity index (χ1v) is 4.90. The number of nitrogens with zero attached hydrogens (tertiary/aromatic N) is 2. The lowest BCUT2D eigenvalue weighted by Gasteiger charge is -2.10. The molecule has 0 spiro atoms. The van der Waals surface area contributed by atoms with Crippen molar-refractivity contribution in [2.75, 3.05) is 0 Å². The molecule has 0 aliphatic heterocycles. The highest BCUT2D eigenvalue weighted by atomic mass is 16.5. The number of hydrogen-bond acceptors (Lipinski definition) is 2. The minimum absolute atomic E-state index is 0.334. The summed E-state index contributed by atoms with van der Waals surface area (Å²) in [5.74, 6) is 0. The zero-order valence-corrected chi connectivity index (χ0v) is 8.66. The predicted molar refractivity (Wildman–Crippen MR) is 52.4 cm³/mol. The molecule has 0 aromatic carbocycles. The van der Waals surface area contributed by atoms with Crippen LogP contribution in [0.3, 0.4) is 0 Å². The van der Waals surface area contributed by atoms with Crippen molar-refractivity contribution >= 4 is 0 Å². The molecule has 13 heavy (non-hydrogen) atoms. The molecule has 3 heteroatoms. The molecule has 0 aliphatic rings. The minimum Gasteiger partial charge on any atom is -0.372 e. The second-order valence-electron chi connectivity index (χ2n) is 3.17. The molecule has 0 N–H and O–H groups in total. The number of aryl methyl sites for hydroxylation is 1. The van der Waals surface area contributed by atoms with Crippen LogP contribution < -0.4 is 0 Å². The van der Waals surface area contributed by atoms with E-state index in [-0.39, 0.29) is 0 Å². The van der Waals surface area contributed by atoms with Gasteiger partial charge in [-0.2, -0.15) is 5.10 Å². The molecule has 1 unspecified atom stereocenters. The standard InChI is InChI=1S/C10H18N2O/c1-4-9(3)13-8-10-6-7-11-12(10)5-2/h6-7,9H,4-5,8H2,1-3H3. The molecule has 1 aromatic rings. The smallest absolute Gasteiger partial charge is 0.0888 e. The maximum atomic E-state index is 5.62. The first-order chi connectivity index (χ1) is 6.27. The molecule has 74 valence electrons. The molecule has 1 heterocycles. The molecule has 0 saturated heterocycles. The lowest BCUT2D eigenvalue weighted by atomic mass is 10.3. The largest absolute Gasteiger partial charge is 0.372 e. The van der Waals surface area contributed by atoms with Crippen LogP contribution in [-0.2, 0) is 17.9 Å². The number of ether oxygens (including phenoxy) is 1. The Morgan fingerprint density at radius 2 is 2.31 bits per heavy atom. The first-order valence-electron chi connectivity index (χ1n) is 4.90. The summed E-state index contributed by atoms with van der Waals surface area (Å²) in [5, 5.41) is 4.18.